The van der Waals surface area contributed by atoms with Gasteiger partial charge in [0.1, 0.15) is 0 Å². The van der Waals surface area contributed by atoms with Gasteiger partial charge in [0, 0.05) is 45.2 Å². The fraction of sp³-hybridized carbons (Fsp3) is 0.464. The van der Waals surface area contributed by atoms with Crippen molar-refractivity contribution in [1.82, 2.24) is 4.57 Å². The number of thioether (sulfide) groups is 1. The third-order valence-corrected chi connectivity index (χ3v) is 7.91. The number of carboxylic acid groups (broad SMARTS) is 1. The fourth-order valence-corrected chi connectivity index (χ4v) is 5.20. The lowest BCUT2D eigenvalue weighted by Crippen LogP contribution is -2.27. The number of carboxylic acids is 1. The van der Waals surface area contributed by atoms with Crippen LogP contribution >= 0.6 is 23.4 Å². The summed E-state index contributed by atoms with van der Waals surface area (Å²) in [6, 6.07) is 14.6. The second-order valence-corrected chi connectivity index (χ2v) is 12.6. The Kier molecular flexibility index (Phi) is 7.60. The number of halogens is 1. The second-order valence-electron chi connectivity index (χ2n) is 11.1. The van der Waals surface area contributed by atoms with Crippen LogP contribution in [0.5, 0.6) is 0 Å². The number of nitrogens with zero attached hydrogens (tertiary/aromatic N) is 1. The van der Waals surface area contributed by atoms with Gasteiger partial charge in [0.05, 0.1) is 5.41 Å². The maximum absolute atomic E-state index is 12.1. The number of hydrogen-bond donors (Lipinski definition) is 1. The maximum Gasteiger partial charge on any atom is 0.309 e. The molecule has 0 aliphatic rings. The first-order chi connectivity index (χ1) is 15.3. The van der Waals surface area contributed by atoms with Crippen molar-refractivity contribution in [3.05, 3.63) is 64.3 Å². The van der Waals surface area contributed by atoms with Crippen LogP contribution in [0.2, 0.25) is 5.02 Å². The highest BCUT2D eigenvalue weighted by Crippen LogP contribution is 2.41. The van der Waals surface area contributed by atoms with Crippen LogP contribution in [0.3, 0.4) is 0 Å². The molecule has 0 saturated carbocycles. The summed E-state index contributed by atoms with van der Waals surface area (Å²) in [5.74, 6) is 0.605. The monoisotopic (exact) mass is 485 g/mol. The van der Waals surface area contributed by atoms with Crippen molar-refractivity contribution in [2.24, 2.45) is 10.8 Å². The van der Waals surface area contributed by atoms with Gasteiger partial charge in [0.2, 0.25) is 0 Å². The van der Waals surface area contributed by atoms with Crippen molar-refractivity contribution >= 4 is 40.2 Å². The highest BCUT2D eigenvalue weighted by molar-refractivity contribution is 7.99. The molecule has 1 N–H and O–H groups in total. The van der Waals surface area contributed by atoms with E-state index in [2.05, 4.69) is 57.4 Å². The Morgan fingerprint density at radius 1 is 1.06 bits per heavy atom. The third kappa shape index (κ3) is 6.16. The molecule has 1 heterocycles. The number of aromatic nitrogens is 1. The zero-order chi connectivity index (χ0) is 24.6. The van der Waals surface area contributed by atoms with Gasteiger partial charge in [0.25, 0.3) is 0 Å². The smallest absolute Gasteiger partial charge is 0.309 e. The van der Waals surface area contributed by atoms with Gasteiger partial charge in [-0.15, -0.1) is 11.8 Å². The summed E-state index contributed by atoms with van der Waals surface area (Å²) in [6.45, 7) is 15.5. The van der Waals surface area contributed by atoms with Gasteiger partial charge in [-0.1, -0.05) is 64.4 Å². The molecule has 0 aliphatic heterocycles. The van der Waals surface area contributed by atoms with Crippen molar-refractivity contribution in [1.29, 1.82) is 0 Å². The zero-order valence-electron chi connectivity index (χ0n) is 20.8. The molecule has 33 heavy (non-hydrogen) atoms. The summed E-state index contributed by atoms with van der Waals surface area (Å²) in [4.78, 5) is 13.3. The van der Waals surface area contributed by atoms with Gasteiger partial charge in [-0.05, 0) is 60.6 Å². The number of aliphatic carboxylic acids is 1. The van der Waals surface area contributed by atoms with Crippen LogP contribution in [0, 0.1) is 10.8 Å². The normalized spacial score (nSPS) is 12.6. The second kappa shape index (κ2) is 9.76. The van der Waals surface area contributed by atoms with Crippen LogP contribution in [0.4, 0.5) is 0 Å². The molecule has 0 radical (unpaired) electrons. The number of hydrogen-bond acceptors (Lipinski definition) is 2. The highest BCUT2D eigenvalue weighted by atomic mass is 35.5. The number of carbonyl (C=O) groups is 1. The molecule has 0 spiro atoms. The van der Waals surface area contributed by atoms with E-state index in [1.165, 1.54) is 15.8 Å². The van der Waals surface area contributed by atoms with Crippen LogP contribution in [0.15, 0.2) is 47.4 Å². The summed E-state index contributed by atoms with van der Waals surface area (Å²) < 4.78 is 2.32. The molecular formula is C28H36ClNO2S. The van der Waals surface area contributed by atoms with Gasteiger partial charge < -0.3 is 9.67 Å². The molecule has 0 bridgehead atoms. The molecule has 0 amide bonds. The van der Waals surface area contributed by atoms with E-state index in [4.69, 9.17) is 11.6 Å². The first-order valence-corrected chi connectivity index (χ1v) is 12.9. The summed E-state index contributed by atoms with van der Waals surface area (Å²) >= 11 is 7.98. The molecule has 3 rings (SSSR count). The molecule has 0 aliphatic carbocycles. The quantitative estimate of drug-likeness (QED) is 0.326. The van der Waals surface area contributed by atoms with Crippen molar-refractivity contribution < 1.29 is 9.90 Å². The summed E-state index contributed by atoms with van der Waals surface area (Å²) in [7, 11) is 0. The highest BCUT2D eigenvalue weighted by Gasteiger charge is 2.32. The minimum absolute atomic E-state index is 0.157. The lowest BCUT2D eigenvalue weighted by molar-refractivity contribution is -0.146. The molecule has 178 valence electrons. The lowest BCUT2D eigenvalue weighted by atomic mass is 9.88. The van der Waals surface area contributed by atoms with Crippen LogP contribution in [-0.2, 0) is 17.8 Å². The van der Waals surface area contributed by atoms with Crippen molar-refractivity contribution in [2.45, 2.75) is 72.2 Å². The molecule has 0 fully saturated rings. The van der Waals surface area contributed by atoms with Crippen molar-refractivity contribution in [2.75, 3.05) is 5.75 Å². The Hall–Kier alpha value is -1.91. The topological polar surface area (TPSA) is 42.2 Å². The third-order valence-electron chi connectivity index (χ3n) is 5.90. The minimum atomic E-state index is -0.871. The molecule has 2 aromatic carbocycles. The van der Waals surface area contributed by atoms with E-state index in [0.29, 0.717) is 23.9 Å². The van der Waals surface area contributed by atoms with E-state index in [1.807, 2.05) is 49.9 Å². The van der Waals surface area contributed by atoms with Gasteiger partial charge >= 0.3 is 5.97 Å². The SMILES string of the molecule is CC(C)c1ccc2c(c1)c(SCC(C)(C)C)c(CC(C)(C)C(=O)O)n2Cc1ccc(Cl)cc1. The predicted octanol–water partition coefficient (Wildman–Crippen LogP) is 8.26. The van der Waals surface area contributed by atoms with Crippen LogP contribution in [-0.4, -0.2) is 21.4 Å². The number of rotatable bonds is 8. The van der Waals surface area contributed by atoms with E-state index in [1.54, 1.807) is 0 Å². The van der Waals surface area contributed by atoms with E-state index >= 15 is 0 Å². The molecular weight excluding hydrogens is 450 g/mol. The van der Waals surface area contributed by atoms with Gasteiger partial charge in [-0.25, -0.2) is 0 Å². The Bertz CT molecular complexity index is 1140. The average Bonchev–Trinajstić information content (AvgIpc) is 2.98. The number of fused-ring (bicyclic) bond motifs is 1. The molecule has 0 atom stereocenters. The molecule has 3 nitrogen and oxygen atoms in total. The molecule has 1 aromatic heterocycles. The molecule has 5 heteroatoms. The van der Waals surface area contributed by atoms with Crippen LogP contribution < -0.4 is 0 Å². The zero-order valence-corrected chi connectivity index (χ0v) is 22.4. The maximum atomic E-state index is 12.1. The van der Waals surface area contributed by atoms with E-state index in [9.17, 15) is 9.90 Å². The Morgan fingerprint density at radius 3 is 2.24 bits per heavy atom. The molecule has 3 aromatic rings. The Balaban J connectivity index is 2.25. The van der Waals surface area contributed by atoms with E-state index in [0.717, 1.165) is 22.5 Å². The molecule has 0 saturated heterocycles. The Labute approximate surface area is 207 Å². The lowest BCUT2D eigenvalue weighted by Gasteiger charge is -2.23. The Morgan fingerprint density at radius 2 is 1.70 bits per heavy atom. The van der Waals surface area contributed by atoms with Gasteiger partial charge in [-0.2, -0.15) is 0 Å². The largest absolute Gasteiger partial charge is 0.481 e. The summed E-state index contributed by atoms with van der Waals surface area (Å²) in [6.07, 6.45) is 0.466. The summed E-state index contributed by atoms with van der Waals surface area (Å²) in [5, 5.41) is 11.9. The van der Waals surface area contributed by atoms with Crippen molar-refractivity contribution in [3.8, 4) is 0 Å². The number of benzene rings is 2. The van der Waals surface area contributed by atoms with E-state index in [-0.39, 0.29) is 5.41 Å². The van der Waals surface area contributed by atoms with Crippen molar-refractivity contribution in [3.63, 3.8) is 0 Å². The predicted molar refractivity (Wildman–Crippen MR) is 142 cm³/mol. The fourth-order valence-electron chi connectivity index (χ4n) is 3.83. The summed E-state index contributed by atoms with van der Waals surface area (Å²) in [5.41, 5.74) is 3.98. The van der Waals surface area contributed by atoms with Gasteiger partial charge in [0.15, 0.2) is 0 Å². The molecule has 0 unspecified atom stereocenters. The minimum Gasteiger partial charge on any atom is -0.481 e. The first kappa shape index (κ1) is 25.7. The first-order valence-electron chi connectivity index (χ1n) is 11.5. The van der Waals surface area contributed by atoms with E-state index < -0.39 is 11.4 Å². The van der Waals surface area contributed by atoms with Gasteiger partial charge in [-0.3, -0.25) is 4.79 Å². The average molecular weight is 486 g/mol. The standard InChI is InChI=1S/C28H36ClNO2S/c1-18(2)20-10-13-23-22(14-20)25(33-17-27(3,4)5)24(15-28(6,7)26(31)32)30(23)16-19-8-11-21(29)12-9-19/h8-14,18H,15-17H2,1-7H3,(H,31,32). The van der Waals surface area contributed by atoms with Crippen LogP contribution in [0.1, 0.15) is 71.2 Å². The van der Waals surface area contributed by atoms with Crippen LogP contribution in [0.25, 0.3) is 10.9 Å².